The fraction of sp³-hybridized carbons (Fsp3) is 0.333. The number of nitrogens with zero attached hydrogens (tertiary/aromatic N) is 1. The van der Waals surface area contributed by atoms with E-state index in [2.05, 4.69) is 29.2 Å². The maximum atomic E-state index is 6.18. The lowest BCUT2D eigenvalue weighted by Crippen LogP contribution is -2.32. The molecule has 0 aromatic heterocycles. The fourth-order valence-corrected chi connectivity index (χ4v) is 4.24. The van der Waals surface area contributed by atoms with Gasteiger partial charge in [0.1, 0.15) is 0 Å². The van der Waals surface area contributed by atoms with Gasteiger partial charge in [-0.2, -0.15) is 0 Å². The minimum Gasteiger partial charge on any atom is -0.299 e. The second-order valence-corrected chi connectivity index (χ2v) is 7.69. The molecule has 2 aromatic carbocycles. The second kappa shape index (κ2) is 6.92. The van der Waals surface area contributed by atoms with Crippen LogP contribution in [0.2, 0.25) is 10.0 Å². The van der Waals surface area contributed by atoms with Crippen molar-refractivity contribution in [3.05, 3.63) is 74.8 Å². The van der Waals surface area contributed by atoms with Crippen LogP contribution in [0.3, 0.4) is 0 Å². The average molecular weight is 358 g/mol. The Kier molecular flexibility index (Phi) is 4.67. The quantitative estimate of drug-likeness (QED) is 0.683. The standard InChI is InChI=1S/C21H21Cl2N/c22-18-6-3-15(4-7-18)2-1-10-24-11-9-20-17(14-24)12-16-5-8-19(23)13-21(16)20/h3-8,13H,1-2,9-12,14H2. The van der Waals surface area contributed by atoms with Gasteiger partial charge in [-0.1, -0.05) is 41.4 Å². The van der Waals surface area contributed by atoms with E-state index in [9.17, 15) is 0 Å². The van der Waals surface area contributed by atoms with Crippen LogP contribution in [0.4, 0.5) is 0 Å². The van der Waals surface area contributed by atoms with Crippen LogP contribution >= 0.6 is 23.2 Å². The van der Waals surface area contributed by atoms with Gasteiger partial charge in [0.15, 0.2) is 0 Å². The van der Waals surface area contributed by atoms with Gasteiger partial charge in [-0.3, -0.25) is 4.90 Å². The van der Waals surface area contributed by atoms with E-state index in [1.165, 1.54) is 23.1 Å². The van der Waals surface area contributed by atoms with E-state index in [0.29, 0.717) is 0 Å². The first kappa shape index (κ1) is 16.2. The molecule has 0 saturated carbocycles. The highest BCUT2D eigenvalue weighted by Gasteiger charge is 2.26. The van der Waals surface area contributed by atoms with Crippen molar-refractivity contribution >= 4 is 28.8 Å². The lowest BCUT2D eigenvalue weighted by atomic mass is 9.99. The molecule has 0 fully saturated rings. The molecular weight excluding hydrogens is 337 g/mol. The van der Waals surface area contributed by atoms with Crippen LogP contribution in [-0.4, -0.2) is 24.5 Å². The number of hydrogen-bond acceptors (Lipinski definition) is 1. The number of aryl methyl sites for hydroxylation is 1. The molecule has 0 amide bonds. The van der Waals surface area contributed by atoms with Gasteiger partial charge < -0.3 is 0 Å². The lowest BCUT2D eigenvalue weighted by molar-refractivity contribution is 0.289. The molecular formula is C21H21Cl2N. The molecule has 1 aliphatic carbocycles. The first-order chi connectivity index (χ1) is 11.7. The number of fused-ring (bicyclic) bond motifs is 2. The van der Waals surface area contributed by atoms with Gasteiger partial charge >= 0.3 is 0 Å². The van der Waals surface area contributed by atoms with Crippen molar-refractivity contribution in [2.75, 3.05) is 19.6 Å². The van der Waals surface area contributed by atoms with E-state index in [4.69, 9.17) is 23.2 Å². The third kappa shape index (κ3) is 3.39. The molecule has 1 nitrogen and oxygen atoms in total. The normalized spacial score (nSPS) is 17.1. The van der Waals surface area contributed by atoms with Gasteiger partial charge in [0.2, 0.25) is 0 Å². The first-order valence-electron chi connectivity index (χ1n) is 8.65. The summed E-state index contributed by atoms with van der Waals surface area (Å²) in [7, 11) is 0. The summed E-state index contributed by atoms with van der Waals surface area (Å²) < 4.78 is 0. The van der Waals surface area contributed by atoms with Gasteiger partial charge in [-0.05, 0) is 84.3 Å². The van der Waals surface area contributed by atoms with Gasteiger partial charge in [-0.25, -0.2) is 0 Å². The molecule has 1 aliphatic heterocycles. The maximum absolute atomic E-state index is 6.18. The van der Waals surface area contributed by atoms with Crippen molar-refractivity contribution in [2.24, 2.45) is 0 Å². The lowest BCUT2D eigenvalue weighted by Gasteiger charge is -2.28. The predicted molar refractivity (Wildman–Crippen MR) is 103 cm³/mol. The Bertz CT molecular complexity index is 777. The molecule has 2 aromatic rings. The Morgan fingerprint density at radius 1 is 0.958 bits per heavy atom. The molecule has 24 heavy (non-hydrogen) atoms. The Balaban J connectivity index is 1.34. The number of hydrogen-bond donors (Lipinski definition) is 0. The van der Waals surface area contributed by atoms with Crippen LogP contribution in [0.15, 0.2) is 48.0 Å². The highest BCUT2D eigenvalue weighted by atomic mass is 35.5. The van der Waals surface area contributed by atoms with E-state index < -0.39 is 0 Å². The summed E-state index contributed by atoms with van der Waals surface area (Å²) in [6.07, 6.45) is 4.58. The van der Waals surface area contributed by atoms with Crippen LogP contribution < -0.4 is 0 Å². The molecule has 0 saturated heterocycles. The SMILES string of the molecule is Clc1ccc(CCCN2CCC3=C(Cc4ccc(Cl)cc43)C2)cc1. The zero-order valence-electron chi connectivity index (χ0n) is 13.7. The van der Waals surface area contributed by atoms with Gasteiger partial charge in [0.05, 0.1) is 0 Å². The summed E-state index contributed by atoms with van der Waals surface area (Å²) in [6, 6.07) is 14.6. The second-order valence-electron chi connectivity index (χ2n) is 6.82. The van der Waals surface area contributed by atoms with E-state index in [0.717, 1.165) is 48.9 Å². The van der Waals surface area contributed by atoms with E-state index in [-0.39, 0.29) is 0 Å². The number of rotatable bonds is 4. The first-order valence-corrected chi connectivity index (χ1v) is 9.41. The molecule has 2 aliphatic rings. The van der Waals surface area contributed by atoms with Crippen LogP contribution in [0.25, 0.3) is 5.57 Å². The molecule has 0 spiro atoms. The molecule has 0 N–H and O–H groups in total. The van der Waals surface area contributed by atoms with Crippen LogP contribution in [0.5, 0.6) is 0 Å². The van der Waals surface area contributed by atoms with Gasteiger partial charge in [0, 0.05) is 23.1 Å². The molecule has 1 heterocycles. The minimum atomic E-state index is 0.815. The highest BCUT2D eigenvalue weighted by Crippen LogP contribution is 2.39. The summed E-state index contributed by atoms with van der Waals surface area (Å²) in [5, 5.41) is 1.67. The Hall–Kier alpha value is -1.28. The topological polar surface area (TPSA) is 3.24 Å². The number of halogens is 2. The van der Waals surface area contributed by atoms with Crippen molar-refractivity contribution in [1.29, 1.82) is 0 Å². The smallest absolute Gasteiger partial charge is 0.0412 e. The minimum absolute atomic E-state index is 0.815. The van der Waals surface area contributed by atoms with Crippen molar-refractivity contribution < 1.29 is 0 Å². The van der Waals surface area contributed by atoms with Crippen LogP contribution in [0, 0.1) is 0 Å². The molecule has 0 unspecified atom stereocenters. The van der Waals surface area contributed by atoms with E-state index in [1.807, 2.05) is 18.2 Å². The summed E-state index contributed by atoms with van der Waals surface area (Å²) in [5.74, 6) is 0. The third-order valence-corrected chi connectivity index (χ3v) is 5.66. The maximum Gasteiger partial charge on any atom is 0.0412 e. The van der Waals surface area contributed by atoms with E-state index >= 15 is 0 Å². The van der Waals surface area contributed by atoms with Gasteiger partial charge in [-0.15, -0.1) is 0 Å². The summed E-state index contributed by atoms with van der Waals surface area (Å²) >= 11 is 12.1. The molecule has 124 valence electrons. The van der Waals surface area contributed by atoms with Crippen LogP contribution in [0.1, 0.15) is 29.5 Å². The van der Waals surface area contributed by atoms with Crippen LogP contribution in [-0.2, 0) is 12.8 Å². The van der Waals surface area contributed by atoms with Crippen molar-refractivity contribution in [3.8, 4) is 0 Å². The van der Waals surface area contributed by atoms with Gasteiger partial charge in [0.25, 0.3) is 0 Å². The zero-order valence-corrected chi connectivity index (χ0v) is 15.2. The molecule has 3 heteroatoms. The van der Waals surface area contributed by atoms with Crippen molar-refractivity contribution in [3.63, 3.8) is 0 Å². The zero-order chi connectivity index (χ0) is 16.5. The Labute approximate surface area is 153 Å². The average Bonchev–Trinajstić information content (AvgIpc) is 2.94. The summed E-state index contributed by atoms with van der Waals surface area (Å²) in [6.45, 7) is 3.43. The molecule has 0 radical (unpaired) electrons. The predicted octanol–water partition coefficient (Wildman–Crippen LogP) is 5.64. The highest BCUT2D eigenvalue weighted by molar-refractivity contribution is 6.31. The Morgan fingerprint density at radius 3 is 2.58 bits per heavy atom. The molecule has 4 rings (SSSR count). The largest absolute Gasteiger partial charge is 0.299 e. The molecule has 0 atom stereocenters. The molecule has 0 bridgehead atoms. The van der Waals surface area contributed by atoms with Crippen molar-refractivity contribution in [1.82, 2.24) is 4.90 Å². The van der Waals surface area contributed by atoms with Crippen molar-refractivity contribution in [2.45, 2.75) is 25.7 Å². The van der Waals surface area contributed by atoms with E-state index in [1.54, 1.807) is 11.1 Å². The fourth-order valence-electron chi connectivity index (χ4n) is 3.94. The summed E-state index contributed by atoms with van der Waals surface area (Å²) in [5.41, 5.74) is 7.39. The third-order valence-electron chi connectivity index (χ3n) is 5.17. The Morgan fingerprint density at radius 2 is 1.75 bits per heavy atom. The monoisotopic (exact) mass is 357 g/mol. The summed E-state index contributed by atoms with van der Waals surface area (Å²) in [4.78, 5) is 2.60. The number of benzene rings is 2.